The van der Waals surface area contributed by atoms with Crippen LogP contribution in [0.4, 0.5) is 0 Å². The summed E-state index contributed by atoms with van der Waals surface area (Å²) in [4.78, 5) is 0. The summed E-state index contributed by atoms with van der Waals surface area (Å²) in [5.41, 5.74) is 1.21. The third-order valence-electron chi connectivity index (χ3n) is 2.88. The van der Waals surface area contributed by atoms with Gasteiger partial charge in [0.1, 0.15) is 12.4 Å². The summed E-state index contributed by atoms with van der Waals surface area (Å²) < 4.78 is 6.81. The van der Waals surface area contributed by atoms with Crippen LogP contribution in [-0.2, 0) is 0 Å². The highest BCUT2D eigenvalue weighted by Crippen LogP contribution is 2.21. The van der Waals surface area contributed by atoms with Crippen molar-refractivity contribution in [3.8, 4) is 5.75 Å². The SMILES string of the molecule is CCCCCCNCCOc1ccc(Br)c(C)c1. The van der Waals surface area contributed by atoms with E-state index in [1.807, 2.05) is 12.1 Å². The van der Waals surface area contributed by atoms with Crippen LogP contribution in [0.25, 0.3) is 0 Å². The molecule has 0 bridgehead atoms. The zero-order chi connectivity index (χ0) is 13.2. The maximum absolute atomic E-state index is 5.69. The molecule has 1 aromatic carbocycles. The molecule has 0 unspecified atom stereocenters. The molecule has 0 aliphatic heterocycles. The Labute approximate surface area is 119 Å². The Bertz CT molecular complexity index is 341. The molecule has 0 atom stereocenters. The van der Waals surface area contributed by atoms with Crippen LogP contribution in [0.1, 0.15) is 38.2 Å². The molecule has 2 nitrogen and oxygen atoms in total. The van der Waals surface area contributed by atoms with Gasteiger partial charge in [-0.05, 0) is 43.7 Å². The van der Waals surface area contributed by atoms with E-state index in [0.29, 0.717) is 0 Å². The average molecular weight is 314 g/mol. The Morgan fingerprint density at radius 1 is 1.17 bits per heavy atom. The number of aryl methyl sites for hydroxylation is 1. The van der Waals surface area contributed by atoms with E-state index in [0.717, 1.165) is 29.9 Å². The van der Waals surface area contributed by atoms with Crippen molar-refractivity contribution in [3.05, 3.63) is 28.2 Å². The molecule has 3 heteroatoms. The second-order valence-corrected chi connectivity index (χ2v) is 5.42. The number of benzene rings is 1. The lowest BCUT2D eigenvalue weighted by atomic mass is 10.2. The zero-order valence-corrected chi connectivity index (χ0v) is 13.1. The molecule has 0 heterocycles. The summed E-state index contributed by atoms with van der Waals surface area (Å²) in [5.74, 6) is 0.948. The molecule has 1 rings (SSSR count). The summed E-state index contributed by atoms with van der Waals surface area (Å²) in [7, 11) is 0. The molecule has 18 heavy (non-hydrogen) atoms. The molecule has 0 aliphatic rings. The van der Waals surface area contributed by atoms with Gasteiger partial charge in [0.25, 0.3) is 0 Å². The third-order valence-corrected chi connectivity index (χ3v) is 3.77. The molecule has 0 saturated carbocycles. The fraction of sp³-hybridized carbons (Fsp3) is 0.600. The second kappa shape index (κ2) is 9.40. The Kier molecular flexibility index (Phi) is 8.10. The summed E-state index contributed by atoms with van der Waals surface area (Å²) in [6.07, 6.45) is 5.24. The standard InChI is InChI=1S/C15H24BrNO/c1-3-4-5-6-9-17-10-11-18-14-7-8-15(16)13(2)12-14/h7-8,12,17H,3-6,9-11H2,1-2H3. The molecule has 0 aromatic heterocycles. The lowest BCUT2D eigenvalue weighted by molar-refractivity contribution is 0.313. The number of hydrogen-bond donors (Lipinski definition) is 1. The predicted octanol–water partition coefficient (Wildman–Crippen LogP) is 4.31. The molecule has 0 saturated heterocycles. The highest BCUT2D eigenvalue weighted by atomic mass is 79.9. The van der Waals surface area contributed by atoms with Crippen LogP contribution in [0.2, 0.25) is 0 Å². The first-order valence-electron chi connectivity index (χ1n) is 6.83. The first-order valence-corrected chi connectivity index (χ1v) is 7.63. The largest absolute Gasteiger partial charge is 0.492 e. The van der Waals surface area contributed by atoms with E-state index in [4.69, 9.17) is 4.74 Å². The molecule has 0 spiro atoms. The number of halogens is 1. The Balaban J connectivity index is 2.05. The zero-order valence-electron chi connectivity index (χ0n) is 11.5. The van der Waals surface area contributed by atoms with Crippen molar-refractivity contribution < 1.29 is 4.74 Å². The lowest BCUT2D eigenvalue weighted by Gasteiger charge is -2.08. The maximum Gasteiger partial charge on any atom is 0.119 e. The van der Waals surface area contributed by atoms with Crippen LogP contribution in [-0.4, -0.2) is 19.7 Å². The Morgan fingerprint density at radius 3 is 2.72 bits per heavy atom. The van der Waals surface area contributed by atoms with E-state index < -0.39 is 0 Å². The van der Waals surface area contributed by atoms with Gasteiger partial charge in [-0.25, -0.2) is 0 Å². The van der Waals surface area contributed by atoms with Gasteiger partial charge >= 0.3 is 0 Å². The fourth-order valence-electron chi connectivity index (χ4n) is 1.75. The molecule has 0 aliphatic carbocycles. The van der Waals surface area contributed by atoms with E-state index >= 15 is 0 Å². The minimum atomic E-state index is 0.731. The van der Waals surface area contributed by atoms with E-state index in [1.54, 1.807) is 0 Å². The topological polar surface area (TPSA) is 21.3 Å². The Morgan fingerprint density at radius 2 is 2.00 bits per heavy atom. The van der Waals surface area contributed by atoms with Crippen molar-refractivity contribution in [1.29, 1.82) is 0 Å². The normalized spacial score (nSPS) is 10.6. The Hall–Kier alpha value is -0.540. The molecular weight excluding hydrogens is 290 g/mol. The van der Waals surface area contributed by atoms with Crippen LogP contribution < -0.4 is 10.1 Å². The smallest absolute Gasteiger partial charge is 0.119 e. The first kappa shape index (κ1) is 15.5. The highest BCUT2D eigenvalue weighted by Gasteiger charge is 1.97. The van der Waals surface area contributed by atoms with Gasteiger partial charge in [-0.1, -0.05) is 42.1 Å². The van der Waals surface area contributed by atoms with E-state index in [9.17, 15) is 0 Å². The monoisotopic (exact) mass is 313 g/mol. The number of unbranched alkanes of at least 4 members (excludes halogenated alkanes) is 3. The lowest BCUT2D eigenvalue weighted by Crippen LogP contribution is -2.22. The van der Waals surface area contributed by atoms with Crippen molar-refractivity contribution in [3.63, 3.8) is 0 Å². The highest BCUT2D eigenvalue weighted by molar-refractivity contribution is 9.10. The van der Waals surface area contributed by atoms with E-state index in [1.165, 1.54) is 31.2 Å². The van der Waals surface area contributed by atoms with Crippen molar-refractivity contribution in [1.82, 2.24) is 5.32 Å². The summed E-state index contributed by atoms with van der Waals surface area (Å²) >= 11 is 3.48. The van der Waals surface area contributed by atoms with Gasteiger partial charge in [-0.15, -0.1) is 0 Å². The van der Waals surface area contributed by atoms with Crippen LogP contribution in [0, 0.1) is 6.92 Å². The van der Waals surface area contributed by atoms with Crippen LogP contribution in [0.15, 0.2) is 22.7 Å². The maximum atomic E-state index is 5.69. The van der Waals surface area contributed by atoms with E-state index in [-0.39, 0.29) is 0 Å². The van der Waals surface area contributed by atoms with Crippen molar-refractivity contribution in [2.24, 2.45) is 0 Å². The predicted molar refractivity (Wildman–Crippen MR) is 81.4 cm³/mol. The average Bonchev–Trinajstić information content (AvgIpc) is 2.37. The van der Waals surface area contributed by atoms with Gasteiger partial charge in [0, 0.05) is 11.0 Å². The van der Waals surface area contributed by atoms with Crippen LogP contribution in [0.5, 0.6) is 5.75 Å². The van der Waals surface area contributed by atoms with E-state index in [2.05, 4.69) is 41.2 Å². The number of rotatable bonds is 9. The van der Waals surface area contributed by atoms with Gasteiger partial charge in [0.05, 0.1) is 0 Å². The first-order chi connectivity index (χ1) is 8.74. The quantitative estimate of drug-likeness (QED) is 0.686. The molecule has 1 aromatic rings. The molecule has 1 N–H and O–H groups in total. The fourth-order valence-corrected chi connectivity index (χ4v) is 2.00. The third kappa shape index (κ3) is 6.41. The number of hydrogen-bond acceptors (Lipinski definition) is 2. The number of nitrogens with one attached hydrogen (secondary N) is 1. The van der Waals surface area contributed by atoms with Crippen LogP contribution in [0.3, 0.4) is 0 Å². The van der Waals surface area contributed by atoms with Crippen molar-refractivity contribution in [2.45, 2.75) is 39.5 Å². The minimum absolute atomic E-state index is 0.731. The van der Waals surface area contributed by atoms with Gasteiger partial charge in [-0.3, -0.25) is 0 Å². The van der Waals surface area contributed by atoms with Crippen molar-refractivity contribution >= 4 is 15.9 Å². The van der Waals surface area contributed by atoms with Gasteiger partial charge in [-0.2, -0.15) is 0 Å². The number of ether oxygens (including phenoxy) is 1. The second-order valence-electron chi connectivity index (χ2n) is 4.57. The van der Waals surface area contributed by atoms with Crippen molar-refractivity contribution in [2.75, 3.05) is 19.7 Å². The van der Waals surface area contributed by atoms with Crippen LogP contribution >= 0.6 is 15.9 Å². The minimum Gasteiger partial charge on any atom is -0.492 e. The van der Waals surface area contributed by atoms with Gasteiger partial charge < -0.3 is 10.1 Å². The summed E-state index contributed by atoms with van der Waals surface area (Å²) in [6, 6.07) is 6.09. The molecule has 0 radical (unpaired) electrons. The summed E-state index contributed by atoms with van der Waals surface area (Å²) in [6.45, 7) is 7.06. The summed E-state index contributed by atoms with van der Waals surface area (Å²) in [5, 5.41) is 3.41. The molecular formula is C15H24BrNO. The molecule has 102 valence electrons. The van der Waals surface area contributed by atoms with Gasteiger partial charge in [0.15, 0.2) is 0 Å². The molecule has 0 amide bonds. The van der Waals surface area contributed by atoms with Gasteiger partial charge in [0.2, 0.25) is 0 Å². The molecule has 0 fully saturated rings.